The first-order chi connectivity index (χ1) is 9.65. The highest BCUT2D eigenvalue weighted by molar-refractivity contribution is 6.08. The lowest BCUT2D eigenvalue weighted by Crippen LogP contribution is -2.13. The minimum absolute atomic E-state index is 0.143. The fourth-order valence-electron chi connectivity index (χ4n) is 2.14. The van der Waals surface area contributed by atoms with E-state index in [1.54, 1.807) is 19.1 Å². The Balaban J connectivity index is 1.92. The van der Waals surface area contributed by atoms with Crippen molar-refractivity contribution >= 4 is 22.6 Å². The van der Waals surface area contributed by atoms with Gasteiger partial charge in [0.2, 0.25) is 0 Å². The molecule has 100 valence electrons. The maximum absolute atomic E-state index is 12.2. The average molecular weight is 267 g/mol. The molecular formula is C15H13N3O2. The molecule has 1 aromatic heterocycles. The normalized spacial score (nSPS) is 10.7. The molecule has 0 aliphatic heterocycles. The third kappa shape index (κ3) is 2.09. The predicted molar refractivity (Wildman–Crippen MR) is 76.9 cm³/mol. The standard InChI is InChI=1S/C15H13N3O2/c1-9-8-10(19)6-7-11(9)15(20)16-14-12-4-2-3-5-13(12)17-18-14/h2-8,19H,1H3,(H2,16,17,18,20). The van der Waals surface area contributed by atoms with Crippen LogP contribution < -0.4 is 5.32 Å². The number of aromatic amines is 1. The molecule has 0 spiro atoms. The van der Waals surface area contributed by atoms with Crippen LogP contribution in [0.2, 0.25) is 0 Å². The van der Waals surface area contributed by atoms with Gasteiger partial charge in [-0.1, -0.05) is 12.1 Å². The first-order valence-electron chi connectivity index (χ1n) is 6.19. The van der Waals surface area contributed by atoms with Crippen molar-refractivity contribution in [1.29, 1.82) is 0 Å². The molecule has 0 fully saturated rings. The van der Waals surface area contributed by atoms with E-state index in [9.17, 15) is 9.90 Å². The van der Waals surface area contributed by atoms with Crippen molar-refractivity contribution in [3.05, 3.63) is 53.6 Å². The number of aromatic hydroxyl groups is 1. The second-order valence-corrected chi connectivity index (χ2v) is 4.57. The molecule has 0 aliphatic rings. The van der Waals surface area contributed by atoms with Crippen LogP contribution in [0.25, 0.3) is 10.9 Å². The van der Waals surface area contributed by atoms with Crippen LogP contribution in [0.1, 0.15) is 15.9 Å². The van der Waals surface area contributed by atoms with Crippen LogP contribution in [0, 0.1) is 6.92 Å². The summed E-state index contributed by atoms with van der Waals surface area (Å²) in [4.78, 5) is 12.2. The van der Waals surface area contributed by atoms with Crippen molar-refractivity contribution in [2.45, 2.75) is 6.92 Å². The fraction of sp³-hybridized carbons (Fsp3) is 0.0667. The van der Waals surface area contributed by atoms with Crippen LogP contribution in [0.5, 0.6) is 5.75 Å². The summed E-state index contributed by atoms with van der Waals surface area (Å²) in [5, 5.41) is 20.0. The smallest absolute Gasteiger partial charge is 0.257 e. The number of benzene rings is 2. The van der Waals surface area contributed by atoms with Gasteiger partial charge in [-0.05, 0) is 42.8 Å². The van der Waals surface area contributed by atoms with Crippen LogP contribution >= 0.6 is 0 Å². The van der Waals surface area contributed by atoms with Crippen LogP contribution in [-0.4, -0.2) is 21.2 Å². The summed E-state index contributed by atoms with van der Waals surface area (Å²) >= 11 is 0. The number of carbonyl (C=O) groups excluding carboxylic acids is 1. The van der Waals surface area contributed by atoms with Crippen molar-refractivity contribution < 1.29 is 9.90 Å². The number of nitrogens with zero attached hydrogens (tertiary/aromatic N) is 1. The molecule has 0 aliphatic carbocycles. The molecule has 5 nitrogen and oxygen atoms in total. The Morgan fingerprint density at radius 1 is 1.25 bits per heavy atom. The molecule has 20 heavy (non-hydrogen) atoms. The van der Waals surface area contributed by atoms with Gasteiger partial charge in [0.25, 0.3) is 5.91 Å². The number of amides is 1. The van der Waals surface area contributed by atoms with Gasteiger partial charge in [0.05, 0.1) is 5.52 Å². The zero-order chi connectivity index (χ0) is 14.1. The number of fused-ring (bicyclic) bond motifs is 1. The van der Waals surface area contributed by atoms with Gasteiger partial charge in [-0.2, -0.15) is 5.10 Å². The third-order valence-electron chi connectivity index (χ3n) is 3.16. The highest BCUT2D eigenvalue weighted by Crippen LogP contribution is 2.21. The van der Waals surface area contributed by atoms with Gasteiger partial charge in [0.15, 0.2) is 5.82 Å². The van der Waals surface area contributed by atoms with E-state index in [4.69, 9.17) is 0 Å². The van der Waals surface area contributed by atoms with E-state index in [1.807, 2.05) is 24.3 Å². The van der Waals surface area contributed by atoms with E-state index in [-0.39, 0.29) is 11.7 Å². The molecule has 1 heterocycles. The third-order valence-corrected chi connectivity index (χ3v) is 3.16. The maximum atomic E-state index is 12.2. The van der Waals surface area contributed by atoms with Crippen LogP contribution in [0.15, 0.2) is 42.5 Å². The number of carbonyl (C=O) groups is 1. The lowest BCUT2D eigenvalue weighted by Gasteiger charge is -2.06. The molecule has 2 aromatic carbocycles. The zero-order valence-electron chi connectivity index (χ0n) is 10.8. The summed E-state index contributed by atoms with van der Waals surface area (Å²) < 4.78 is 0. The number of rotatable bonds is 2. The maximum Gasteiger partial charge on any atom is 0.257 e. The Bertz CT molecular complexity index is 793. The molecule has 3 aromatic rings. The van der Waals surface area contributed by atoms with Crippen molar-refractivity contribution in [1.82, 2.24) is 10.2 Å². The molecule has 5 heteroatoms. The topological polar surface area (TPSA) is 78.0 Å². The number of H-pyrrole nitrogens is 1. The van der Waals surface area contributed by atoms with E-state index in [0.29, 0.717) is 16.9 Å². The number of hydrogen-bond acceptors (Lipinski definition) is 3. The summed E-state index contributed by atoms with van der Waals surface area (Å²) in [7, 11) is 0. The molecule has 0 bridgehead atoms. The van der Waals surface area contributed by atoms with Crippen molar-refractivity contribution in [3.8, 4) is 5.75 Å². The molecule has 0 saturated carbocycles. The highest BCUT2D eigenvalue weighted by atomic mass is 16.3. The molecule has 3 N–H and O–H groups in total. The monoisotopic (exact) mass is 267 g/mol. The fourth-order valence-corrected chi connectivity index (χ4v) is 2.14. The molecule has 0 unspecified atom stereocenters. The molecule has 0 radical (unpaired) electrons. The Morgan fingerprint density at radius 3 is 2.85 bits per heavy atom. The van der Waals surface area contributed by atoms with Crippen molar-refractivity contribution in [3.63, 3.8) is 0 Å². The molecule has 3 rings (SSSR count). The average Bonchev–Trinajstić information content (AvgIpc) is 2.82. The summed E-state index contributed by atoms with van der Waals surface area (Å²) in [5.74, 6) is 0.391. The predicted octanol–water partition coefficient (Wildman–Crippen LogP) is 2.83. The van der Waals surface area contributed by atoms with Gasteiger partial charge >= 0.3 is 0 Å². The largest absolute Gasteiger partial charge is 0.508 e. The summed E-state index contributed by atoms with van der Waals surface area (Å²) in [6.45, 7) is 1.78. The van der Waals surface area contributed by atoms with Gasteiger partial charge in [-0.3, -0.25) is 9.89 Å². The number of anilines is 1. The zero-order valence-corrected chi connectivity index (χ0v) is 10.8. The number of phenolic OH excluding ortho intramolecular Hbond substituents is 1. The summed E-state index contributed by atoms with van der Waals surface area (Å²) in [6.07, 6.45) is 0. The highest BCUT2D eigenvalue weighted by Gasteiger charge is 2.13. The van der Waals surface area contributed by atoms with Crippen LogP contribution in [0.3, 0.4) is 0 Å². The molecule has 0 saturated heterocycles. The lowest BCUT2D eigenvalue weighted by molar-refractivity contribution is 0.102. The Morgan fingerprint density at radius 2 is 2.05 bits per heavy atom. The van der Waals surface area contributed by atoms with Crippen molar-refractivity contribution in [2.24, 2.45) is 0 Å². The molecular weight excluding hydrogens is 254 g/mol. The number of aryl methyl sites for hydroxylation is 1. The quantitative estimate of drug-likeness (QED) is 0.668. The van der Waals surface area contributed by atoms with Gasteiger partial charge in [-0.25, -0.2) is 0 Å². The number of aromatic nitrogens is 2. The first kappa shape index (κ1) is 12.2. The van der Waals surface area contributed by atoms with Crippen LogP contribution in [-0.2, 0) is 0 Å². The van der Waals surface area contributed by atoms with E-state index >= 15 is 0 Å². The molecule has 0 atom stereocenters. The number of phenols is 1. The number of nitrogens with one attached hydrogen (secondary N) is 2. The van der Waals surface area contributed by atoms with E-state index in [2.05, 4.69) is 15.5 Å². The number of hydrogen-bond donors (Lipinski definition) is 3. The Hall–Kier alpha value is -2.82. The second kappa shape index (κ2) is 4.70. The summed E-state index contributed by atoms with van der Waals surface area (Å²) in [5.41, 5.74) is 2.09. The van der Waals surface area contributed by atoms with Gasteiger partial charge in [0, 0.05) is 10.9 Å². The Kier molecular flexibility index (Phi) is 2.87. The van der Waals surface area contributed by atoms with Crippen LogP contribution in [0.4, 0.5) is 5.82 Å². The van der Waals surface area contributed by atoms with Crippen molar-refractivity contribution in [2.75, 3.05) is 5.32 Å². The summed E-state index contributed by atoms with van der Waals surface area (Å²) in [6, 6.07) is 12.2. The minimum Gasteiger partial charge on any atom is -0.508 e. The number of para-hydroxylation sites is 1. The lowest BCUT2D eigenvalue weighted by atomic mass is 10.1. The SMILES string of the molecule is Cc1cc(O)ccc1C(=O)Nc1n[nH]c2ccccc12. The second-order valence-electron chi connectivity index (χ2n) is 4.57. The molecule has 1 amide bonds. The van der Waals surface area contributed by atoms with Gasteiger partial charge in [0.1, 0.15) is 5.75 Å². The van der Waals surface area contributed by atoms with E-state index in [0.717, 1.165) is 10.9 Å². The van der Waals surface area contributed by atoms with E-state index < -0.39 is 0 Å². The van der Waals surface area contributed by atoms with Gasteiger partial charge in [-0.15, -0.1) is 0 Å². The van der Waals surface area contributed by atoms with E-state index in [1.165, 1.54) is 6.07 Å². The Labute approximate surface area is 115 Å². The van der Waals surface area contributed by atoms with Gasteiger partial charge < -0.3 is 10.4 Å². The minimum atomic E-state index is -0.250. The first-order valence-corrected chi connectivity index (χ1v) is 6.19.